The molecule has 6 nitrogen and oxygen atoms in total. The van der Waals surface area contributed by atoms with Crippen LogP contribution in [0.25, 0.3) is 28.6 Å². The van der Waals surface area contributed by atoms with Crippen molar-refractivity contribution >= 4 is 109 Å². The minimum absolute atomic E-state index is 0.0400. The number of ketones is 4. The van der Waals surface area contributed by atoms with Crippen molar-refractivity contribution in [3.8, 4) is 9.75 Å². The second-order valence-electron chi connectivity index (χ2n) is 14.2. The number of hydrogen-bond donors (Lipinski definition) is 0. The highest BCUT2D eigenvalue weighted by Gasteiger charge is 2.51. The molecule has 0 radical (unpaired) electrons. The first-order valence-corrected chi connectivity index (χ1v) is 20.2. The predicted molar refractivity (Wildman–Crippen MR) is 187 cm³/mol. The van der Waals surface area contributed by atoms with Crippen LogP contribution in [0.1, 0.15) is 94.6 Å². The number of carbonyl (C=O) groups is 4. The Morgan fingerprint density at radius 3 is 1.30 bits per heavy atom. The minimum Gasteiger partial charge on any atom is -0.292 e. The van der Waals surface area contributed by atoms with Crippen molar-refractivity contribution in [2.45, 2.75) is 88.9 Å². The molecule has 5 fully saturated rings. The van der Waals surface area contributed by atoms with Crippen LogP contribution in [0.2, 0.25) is 0 Å². The SMILES string of the molecule is O=C1C(=Nc2cc3sc4c(c3s2)C2(CCCCC2)c2c-4sc3cc(N=C4C(=O)C5CCCCC5C4=O)sc23)C(=O)C2CCCCC12. The van der Waals surface area contributed by atoms with Crippen LogP contribution in [0, 0.1) is 23.7 Å². The molecule has 0 amide bonds. The minimum atomic E-state index is -0.163. The Balaban J connectivity index is 1.06. The molecule has 4 aromatic rings. The summed E-state index contributed by atoms with van der Waals surface area (Å²) < 4.78 is 4.91. The van der Waals surface area contributed by atoms with E-state index >= 15 is 0 Å². The Morgan fingerprint density at radius 2 is 0.913 bits per heavy atom. The molecule has 0 aromatic carbocycles. The second kappa shape index (κ2) is 10.2. The lowest BCUT2D eigenvalue weighted by molar-refractivity contribution is -0.120. The van der Waals surface area contributed by atoms with E-state index in [0.29, 0.717) is 0 Å². The maximum Gasteiger partial charge on any atom is 0.188 e. The Labute approximate surface area is 282 Å². The molecule has 10 heteroatoms. The van der Waals surface area contributed by atoms with Crippen molar-refractivity contribution in [3.63, 3.8) is 0 Å². The standard InChI is InChI=1S/C36H32N2O4S4/c39-28-16-8-2-3-9-17(16)29(40)26(28)37-22-14-20-32(45-22)24-34(43-20)35-25(36(24)12-6-1-7-13-36)33-21(44-35)15-23(46-33)38-27-30(41)18-10-4-5-11-19(18)31(27)42/h14-19H,1-13H2. The molecule has 5 saturated carbocycles. The molecule has 0 bridgehead atoms. The van der Waals surface area contributed by atoms with E-state index in [0.717, 1.165) is 74.2 Å². The number of thiophene rings is 4. The molecule has 4 aromatic heterocycles. The van der Waals surface area contributed by atoms with Crippen molar-refractivity contribution in [3.05, 3.63) is 23.3 Å². The molecule has 4 heterocycles. The zero-order valence-electron chi connectivity index (χ0n) is 25.3. The lowest BCUT2D eigenvalue weighted by Gasteiger charge is -2.35. The van der Waals surface area contributed by atoms with Gasteiger partial charge >= 0.3 is 0 Å². The Kier molecular flexibility index (Phi) is 6.27. The maximum absolute atomic E-state index is 13.2. The fourth-order valence-electron chi connectivity index (χ4n) is 9.73. The van der Waals surface area contributed by atoms with Crippen molar-refractivity contribution < 1.29 is 19.2 Å². The molecule has 4 atom stereocenters. The molecule has 0 saturated heterocycles. The summed E-state index contributed by atoms with van der Waals surface area (Å²) in [5.74, 6) is -0.811. The fourth-order valence-corrected chi connectivity index (χ4v) is 15.3. The number of Topliss-reactive ketones (excluding diaryl/α,β-unsaturated/α-hetero) is 4. The number of rotatable bonds is 2. The van der Waals surface area contributed by atoms with Gasteiger partial charge in [-0.3, -0.25) is 19.2 Å². The number of nitrogens with zero attached hydrogens (tertiary/aromatic N) is 2. The molecule has 234 valence electrons. The van der Waals surface area contributed by atoms with Gasteiger partial charge in [-0.15, -0.1) is 45.3 Å². The number of aliphatic imine (C=N–C) groups is 2. The highest BCUT2D eigenvalue weighted by atomic mass is 32.1. The molecule has 0 aliphatic heterocycles. The van der Waals surface area contributed by atoms with Crippen molar-refractivity contribution in [2.24, 2.45) is 33.7 Å². The predicted octanol–water partition coefficient (Wildman–Crippen LogP) is 9.53. The van der Waals surface area contributed by atoms with Gasteiger partial charge in [-0.2, -0.15) is 0 Å². The maximum atomic E-state index is 13.2. The van der Waals surface area contributed by atoms with E-state index in [1.807, 2.05) is 22.7 Å². The summed E-state index contributed by atoms with van der Waals surface area (Å²) in [4.78, 5) is 65.1. The summed E-state index contributed by atoms with van der Waals surface area (Å²) >= 11 is 6.95. The molecule has 10 rings (SSSR count). The smallest absolute Gasteiger partial charge is 0.188 e. The Bertz CT molecular complexity index is 1920. The van der Waals surface area contributed by atoms with Crippen molar-refractivity contribution in [1.82, 2.24) is 0 Å². The summed E-state index contributed by atoms with van der Waals surface area (Å²) in [7, 11) is 0. The van der Waals surface area contributed by atoms with Gasteiger partial charge in [0.1, 0.15) is 10.0 Å². The Morgan fingerprint density at radius 1 is 0.522 bits per heavy atom. The third kappa shape index (κ3) is 3.78. The van der Waals surface area contributed by atoms with Crippen LogP contribution >= 0.6 is 45.3 Å². The van der Waals surface area contributed by atoms with Gasteiger partial charge in [-0.25, -0.2) is 9.98 Å². The van der Waals surface area contributed by atoms with E-state index in [-0.39, 0.29) is 63.6 Å². The Hall–Kier alpha value is -2.66. The van der Waals surface area contributed by atoms with Gasteiger partial charge in [-0.1, -0.05) is 44.9 Å². The quantitative estimate of drug-likeness (QED) is 0.210. The topological polar surface area (TPSA) is 93.0 Å². The average molecular weight is 685 g/mol. The van der Waals surface area contributed by atoms with E-state index in [1.165, 1.54) is 58.9 Å². The molecule has 46 heavy (non-hydrogen) atoms. The molecule has 0 N–H and O–H groups in total. The first-order valence-electron chi connectivity index (χ1n) is 16.9. The molecular weight excluding hydrogens is 653 g/mol. The first kappa shape index (κ1) is 28.4. The summed E-state index contributed by atoms with van der Waals surface area (Å²) in [6.45, 7) is 0. The zero-order valence-corrected chi connectivity index (χ0v) is 28.6. The average Bonchev–Trinajstić information content (AvgIpc) is 3.91. The third-order valence-electron chi connectivity index (χ3n) is 11.8. The summed E-state index contributed by atoms with van der Waals surface area (Å²) in [5, 5.41) is 1.54. The van der Waals surface area contributed by atoms with Crippen LogP contribution in [0.15, 0.2) is 22.1 Å². The van der Waals surface area contributed by atoms with Gasteiger partial charge in [0.2, 0.25) is 0 Å². The van der Waals surface area contributed by atoms with Crippen LogP contribution in [-0.2, 0) is 24.6 Å². The van der Waals surface area contributed by atoms with Crippen LogP contribution in [0.4, 0.5) is 10.0 Å². The monoisotopic (exact) mass is 684 g/mol. The van der Waals surface area contributed by atoms with Crippen LogP contribution < -0.4 is 0 Å². The number of hydrogen-bond acceptors (Lipinski definition) is 10. The van der Waals surface area contributed by atoms with Gasteiger partial charge < -0.3 is 0 Å². The van der Waals surface area contributed by atoms with Gasteiger partial charge in [0.05, 0.1) is 19.2 Å². The molecule has 6 aliphatic rings. The lowest BCUT2D eigenvalue weighted by atomic mass is 9.68. The molecular formula is C36H32N2O4S4. The van der Waals surface area contributed by atoms with Gasteiger partial charge in [0, 0.05) is 49.6 Å². The largest absolute Gasteiger partial charge is 0.292 e. The normalized spacial score (nSPS) is 28.4. The number of carbonyl (C=O) groups excluding carboxylic acids is 4. The number of fused-ring (bicyclic) bond motifs is 11. The van der Waals surface area contributed by atoms with E-state index in [4.69, 9.17) is 9.98 Å². The summed E-state index contributed by atoms with van der Waals surface area (Å²) in [5.41, 5.74) is 3.14. The van der Waals surface area contributed by atoms with Gasteiger partial charge in [0.25, 0.3) is 0 Å². The summed E-state index contributed by atoms with van der Waals surface area (Å²) in [6.07, 6.45) is 13.1. The van der Waals surface area contributed by atoms with Crippen molar-refractivity contribution in [2.75, 3.05) is 0 Å². The van der Waals surface area contributed by atoms with Crippen LogP contribution in [0.3, 0.4) is 0 Å². The van der Waals surface area contributed by atoms with E-state index in [2.05, 4.69) is 12.1 Å². The zero-order chi connectivity index (χ0) is 30.9. The molecule has 4 unspecified atom stereocenters. The van der Waals surface area contributed by atoms with Gasteiger partial charge in [-0.05, 0) is 50.7 Å². The van der Waals surface area contributed by atoms with Crippen molar-refractivity contribution in [1.29, 1.82) is 0 Å². The molecule has 1 spiro atoms. The third-order valence-corrected chi connectivity index (χ3v) is 16.6. The fraction of sp³-hybridized carbons (Fsp3) is 0.500. The van der Waals surface area contributed by atoms with E-state index in [1.54, 1.807) is 22.7 Å². The van der Waals surface area contributed by atoms with Gasteiger partial charge in [0.15, 0.2) is 34.6 Å². The lowest BCUT2D eigenvalue weighted by Crippen LogP contribution is -2.27. The van der Waals surface area contributed by atoms with Crippen LogP contribution in [0.5, 0.6) is 0 Å². The van der Waals surface area contributed by atoms with Crippen LogP contribution in [-0.4, -0.2) is 34.6 Å². The highest BCUT2D eigenvalue weighted by Crippen LogP contribution is 2.66. The first-order chi connectivity index (χ1) is 22.4. The van der Waals surface area contributed by atoms with E-state index in [9.17, 15) is 19.2 Å². The van der Waals surface area contributed by atoms with E-state index < -0.39 is 0 Å². The molecule has 6 aliphatic carbocycles. The second-order valence-corrected chi connectivity index (χ2v) is 18.3. The summed E-state index contributed by atoms with van der Waals surface area (Å²) in [6, 6.07) is 4.21. The highest BCUT2D eigenvalue weighted by molar-refractivity contribution is 7.36.